The first-order valence-electron chi connectivity index (χ1n) is 7.01. The lowest BCUT2D eigenvalue weighted by Gasteiger charge is -2.22. The fraction of sp³-hybridized carbons (Fsp3) is 0.571. The van der Waals surface area contributed by atoms with Crippen LogP contribution >= 0.6 is 0 Å². The molecule has 1 aliphatic rings. The van der Waals surface area contributed by atoms with E-state index in [-0.39, 0.29) is 21.9 Å². The van der Waals surface area contributed by atoms with Gasteiger partial charge in [-0.3, -0.25) is 0 Å². The van der Waals surface area contributed by atoms with Crippen molar-refractivity contribution >= 4 is 25.4 Å². The monoisotopic (exact) mass is 347 g/mol. The Labute approximate surface area is 131 Å². The van der Waals surface area contributed by atoms with Gasteiger partial charge in [0.25, 0.3) is 0 Å². The minimum Gasteiger partial charge on any atom is -0.379 e. The molecular weight excluding hydrogens is 326 g/mol. The molecule has 0 saturated carbocycles. The Morgan fingerprint density at radius 1 is 1.18 bits per heavy atom. The van der Waals surface area contributed by atoms with Gasteiger partial charge in [0.2, 0.25) is 0 Å². The standard InChI is InChI=1S/C14H21NO5S2/c1-10(13-5-4-8-20-13)15-12-7-6-11(21(2,16)17)9-14(12)22(3,18)19/h6-7,9-10,13,15H,4-5,8H2,1-3H3/t10-,13-/m1/s1. The van der Waals surface area contributed by atoms with Crippen LogP contribution in [0.3, 0.4) is 0 Å². The van der Waals surface area contributed by atoms with Gasteiger partial charge in [0.05, 0.1) is 21.6 Å². The van der Waals surface area contributed by atoms with E-state index in [0.717, 1.165) is 25.4 Å². The second kappa shape index (κ2) is 6.17. The summed E-state index contributed by atoms with van der Waals surface area (Å²) in [4.78, 5) is -0.0245. The average Bonchev–Trinajstić information content (AvgIpc) is 2.90. The molecule has 0 spiro atoms. The van der Waals surface area contributed by atoms with Crippen LogP contribution in [0, 0.1) is 0 Å². The lowest BCUT2D eigenvalue weighted by molar-refractivity contribution is 0.0996. The number of nitrogens with one attached hydrogen (secondary N) is 1. The summed E-state index contributed by atoms with van der Waals surface area (Å²) in [5, 5.41) is 3.14. The highest BCUT2D eigenvalue weighted by Crippen LogP contribution is 2.27. The molecule has 124 valence electrons. The molecule has 2 atom stereocenters. The predicted octanol–water partition coefficient (Wildman–Crippen LogP) is 1.47. The molecule has 0 unspecified atom stereocenters. The Balaban J connectivity index is 2.38. The zero-order valence-corrected chi connectivity index (χ0v) is 14.5. The van der Waals surface area contributed by atoms with E-state index in [9.17, 15) is 16.8 Å². The number of rotatable bonds is 5. The van der Waals surface area contributed by atoms with Gasteiger partial charge < -0.3 is 10.1 Å². The molecule has 1 aliphatic heterocycles. The van der Waals surface area contributed by atoms with E-state index in [1.807, 2.05) is 6.92 Å². The molecule has 6 nitrogen and oxygen atoms in total. The lowest BCUT2D eigenvalue weighted by atomic mass is 10.1. The Kier molecular flexibility index (Phi) is 4.84. The number of hydrogen-bond donors (Lipinski definition) is 1. The maximum absolute atomic E-state index is 12.0. The number of benzene rings is 1. The summed E-state index contributed by atoms with van der Waals surface area (Å²) in [6.45, 7) is 2.63. The van der Waals surface area contributed by atoms with Crippen LogP contribution in [-0.2, 0) is 24.4 Å². The Bertz CT molecular complexity index is 749. The average molecular weight is 347 g/mol. The Morgan fingerprint density at radius 2 is 1.86 bits per heavy atom. The van der Waals surface area contributed by atoms with E-state index in [0.29, 0.717) is 12.3 Å². The number of sulfone groups is 2. The molecule has 1 aromatic rings. The molecule has 22 heavy (non-hydrogen) atoms. The SMILES string of the molecule is C[C@@H](Nc1ccc(S(C)(=O)=O)cc1S(C)(=O)=O)[C@H]1CCCO1. The van der Waals surface area contributed by atoms with Crippen LogP contribution in [0.4, 0.5) is 5.69 Å². The first-order chi connectivity index (χ1) is 10.1. The topological polar surface area (TPSA) is 89.5 Å². The fourth-order valence-corrected chi connectivity index (χ4v) is 4.08. The van der Waals surface area contributed by atoms with Crippen LogP contribution in [0.5, 0.6) is 0 Å². The van der Waals surface area contributed by atoms with Crippen molar-refractivity contribution in [3.8, 4) is 0 Å². The van der Waals surface area contributed by atoms with Gasteiger partial charge in [0.1, 0.15) is 0 Å². The normalized spacial score (nSPS) is 20.8. The molecule has 0 aliphatic carbocycles. The Morgan fingerprint density at radius 3 is 2.36 bits per heavy atom. The minimum absolute atomic E-state index is 0.0109. The van der Waals surface area contributed by atoms with Crippen LogP contribution in [0.2, 0.25) is 0 Å². The summed E-state index contributed by atoms with van der Waals surface area (Å²) in [5.41, 5.74) is 0.401. The van der Waals surface area contributed by atoms with Gasteiger partial charge in [-0.05, 0) is 38.0 Å². The first kappa shape index (κ1) is 17.2. The quantitative estimate of drug-likeness (QED) is 0.868. The van der Waals surface area contributed by atoms with Crippen molar-refractivity contribution in [2.45, 2.75) is 41.7 Å². The molecule has 1 heterocycles. The highest BCUT2D eigenvalue weighted by Gasteiger charge is 2.25. The van der Waals surface area contributed by atoms with E-state index >= 15 is 0 Å². The third-order valence-electron chi connectivity index (χ3n) is 3.69. The first-order valence-corrected chi connectivity index (χ1v) is 10.8. The van der Waals surface area contributed by atoms with E-state index in [1.54, 1.807) is 0 Å². The molecule has 0 bridgehead atoms. The van der Waals surface area contributed by atoms with E-state index in [2.05, 4.69) is 5.32 Å². The van der Waals surface area contributed by atoms with Crippen LogP contribution in [-0.4, -0.2) is 48.1 Å². The van der Waals surface area contributed by atoms with Gasteiger partial charge >= 0.3 is 0 Å². The van der Waals surface area contributed by atoms with Gasteiger partial charge in [0, 0.05) is 25.2 Å². The highest BCUT2D eigenvalue weighted by atomic mass is 32.2. The van der Waals surface area contributed by atoms with E-state index in [1.165, 1.54) is 18.2 Å². The summed E-state index contributed by atoms with van der Waals surface area (Å²) in [6, 6.07) is 4.05. The number of anilines is 1. The molecule has 1 N–H and O–H groups in total. The minimum atomic E-state index is -3.55. The van der Waals surface area contributed by atoms with Gasteiger partial charge in [-0.1, -0.05) is 0 Å². The second-order valence-electron chi connectivity index (χ2n) is 5.69. The summed E-state index contributed by atoms with van der Waals surface area (Å²) >= 11 is 0. The molecule has 0 amide bonds. The third-order valence-corrected chi connectivity index (χ3v) is 5.93. The zero-order chi connectivity index (χ0) is 16.5. The lowest BCUT2D eigenvalue weighted by Crippen LogP contribution is -2.30. The summed E-state index contributed by atoms with van der Waals surface area (Å²) in [7, 11) is -7.02. The van der Waals surface area contributed by atoms with Crippen molar-refractivity contribution in [1.82, 2.24) is 0 Å². The highest BCUT2D eigenvalue weighted by molar-refractivity contribution is 7.91. The van der Waals surface area contributed by atoms with Crippen molar-refractivity contribution in [3.05, 3.63) is 18.2 Å². The molecule has 2 rings (SSSR count). The van der Waals surface area contributed by atoms with Crippen molar-refractivity contribution in [1.29, 1.82) is 0 Å². The Hall–Kier alpha value is -1.12. The van der Waals surface area contributed by atoms with Gasteiger partial charge in [-0.15, -0.1) is 0 Å². The molecular formula is C14H21NO5S2. The number of ether oxygens (including phenoxy) is 1. The van der Waals surface area contributed by atoms with Crippen molar-refractivity contribution < 1.29 is 21.6 Å². The van der Waals surface area contributed by atoms with Gasteiger partial charge in [0.15, 0.2) is 19.7 Å². The largest absolute Gasteiger partial charge is 0.379 e. The molecule has 1 saturated heterocycles. The van der Waals surface area contributed by atoms with Crippen LogP contribution in [0.25, 0.3) is 0 Å². The molecule has 0 radical (unpaired) electrons. The van der Waals surface area contributed by atoms with Gasteiger partial charge in [-0.25, -0.2) is 16.8 Å². The van der Waals surface area contributed by atoms with Crippen molar-refractivity contribution in [3.63, 3.8) is 0 Å². The molecule has 0 aromatic heterocycles. The number of hydrogen-bond acceptors (Lipinski definition) is 6. The summed E-state index contributed by atoms with van der Waals surface area (Å²) in [5.74, 6) is 0. The van der Waals surface area contributed by atoms with Crippen LogP contribution in [0.1, 0.15) is 19.8 Å². The third kappa shape index (κ3) is 3.99. The second-order valence-corrected chi connectivity index (χ2v) is 9.69. The van der Waals surface area contributed by atoms with E-state index in [4.69, 9.17) is 4.74 Å². The maximum atomic E-state index is 12.0. The van der Waals surface area contributed by atoms with Crippen molar-refractivity contribution in [2.24, 2.45) is 0 Å². The molecule has 1 aromatic carbocycles. The smallest absolute Gasteiger partial charge is 0.177 e. The zero-order valence-electron chi connectivity index (χ0n) is 12.9. The summed E-state index contributed by atoms with van der Waals surface area (Å²) < 4.78 is 52.8. The van der Waals surface area contributed by atoms with Gasteiger partial charge in [-0.2, -0.15) is 0 Å². The van der Waals surface area contributed by atoms with Crippen LogP contribution in [0.15, 0.2) is 28.0 Å². The van der Waals surface area contributed by atoms with Crippen molar-refractivity contribution in [2.75, 3.05) is 24.4 Å². The fourth-order valence-electron chi connectivity index (χ4n) is 2.49. The predicted molar refractivity (Wildman–Crippen MR) is 84.7 cm³/mol. The van der Waals surface area contributed by atoms with Crippen LogP contribution < -0.4 is 5.32 Å². The molecule has 1 fully saturated rings. The summed E-state index contributed by atoms with van der Waals surface area (Å²) in [6.07, 6.45) is 4.06. The maximum Gasteiger partial charge on any atom is 0.177 e. The molecule has 8 heteroatoms. The van der Waals surface area contributed by atoms with E-state index < -0.39 is 19.7 Å².